The molecule has 1 saturated carbocycles. The third-order valence-corrected chi connectivity index (χ3v) is 3.09. The molecule has 5 nitrogen and oxygen atoms in total. The van der Waals surface area contributed by atoms with E-state index in [1.165, 1.54) is 0 Å². The molecule has 1 atom stereocenters. The Hall–Kier alpha value is -1.36. The first-order valence-corrected chi connectivity index (χ1v) is 6.23. The van der Waals surface area contributed by atoms with Gasteiger partial charge in [0.25, 0.3) is 5.56 Å². The van der Waals surface area contributed by atoms with Crippen molar-refractivity contribution in [2.75, 3.05) is 18.4 Å². The van der Waals surface area contributed by atoms with Crippen LogP contribution in [0.15, 0.2) is 17.2 Å². The van der Waals surface area contributed by atoms with E-state index in [2.05, 4.69) is 17.2 Å². The summed E-state index contributed by atoms with van der Waals surface area (Å²) < 4.78 is 1.78. The summed E-state index contributed by atoms with van der Waals surface area (Å²) in [4.78, 5) is 16.1. The third kappa shape index (κ3) is 3.06. The zero-order valence-corrected chi connectivity index (χ0v) is 10.2. The molecule has 3 N–H and O–H groups in total. The van der Waals surface area contributed by atoms with Crippen LogP contribution < -0.4 is 16.6 Å². The lowest BCUT2D eigenvalue weighted by atomic mass is 10.1. The summed E-state index contributed by atoms with van der Waals surface area (Å²) in [5, 5.41) is 3.12. The lowest BCUT2D eigenvalue weighted by Crippen LogP contribution is -2.26. The Kier molecular flexibility index (Phi) is 3.78. The number of hydrogen-bond acceptors (Lipinski definition) is 4. The Morgan fingerprint density at radius 3 is 3.06 bits per heavy atom. The molecule has 17 heavy (non-hydrogen) atoms. The predicted octanol–water partition coefficient (Wildman–Crippen LogP) is 0.975. The Bertz CT molecular complexity index is 425. The lowest BCUT2D eigenvalue weighted by molar-refractivity contribution is 0.566. The van der Waals surface area contributed by atoms with Crippen LogP contribution in [0.4, 0.5) is 5.82 Å². The molecule has 0 amide bonds. The van der Waals surface area contributed by atoms with Crippen molar-refractivity contribution in [3.8, 4) is 0 Å². The topological polar surface area (TPSA) is 72.9 Å². The van der Waals surface area contributed by atoms with E-state index in [1.54, 1.807) is 17.0 Å². The molecular formula is C12H20N4O. The minimum absolute atomic E-state index is 0.00468. The first kappa shape index (κ1) is 12.1. The molecule has 1 aromatic rings. The van der Waals surface area contributed by atoms with Gasteiger partial charge in [0.05, 0.1) is 0 Å². The fraction of sp³-hybridized carbons (Fsp3) is 0.667. The minimum Gasteiger partial charge on any atom is -0.365 e. The second kappa shape index (κ2) is 5.31. The third-order valence-electron chi connectivity index (χ3n) is 3.09. The normalized spacial score (nSPS) is 16.8. The van der Waals surface area contributed by atoms with Crippen LogP contribution in [0, 0.1) is 5.92 Å². The van der Waals surface area contributed by atoms with Crippen molar-refractivity contribution in [1.82, 2.24) is 9.55 Å². The van der Waals surface area contributed by atoms with Crippen LogP contribution in [0.5, 0.6) is 0 Å². The molecule has 0 radical (unpaired) electrons. The highest BCUT2D eigenvalue weighted by Gasteiger charge is 2.25. The van der Waals surface area contributed by atoms with Crippen molar-refractivity contribution in [2.24, 2.45) is 11.7 Å². The molecule has 94 valence electrons. The summed E-state index contributed by atoms with van der Waals surface area (Å²) in [5.41, 5.74) is 5.49. The first-order valence-electron chi connectivity index (χ1n) is 6.23. The molecule has 1 unspecified atom stereocenters. The van der Waals surface area contributed by atoms with Gasteiger partial charge < -0.3 is 15.6 Å². The van der Waals surface area contributed by atoms with E-state index in [0.717, 1.165) is 25.8 Å². The maximum absolute atomic E-state index is 12.0. The summed E-state index contributed by atoms with van der Waals surface area (Å²) in [6.07, 6.45) is 6.63. The zero-order valence-electron chi connectivity index (χ0n) is 10.2. The smallest absolute Gasteiger partial charge is 0.293 e. The molecular weight excluding hydrogens is 216 g/mol. The summed E-state index contributed by atoms with van der Waals surface area (Å²) in [7, 11) is 0. The van der Waals surface area contributed by atoms with Crippen LogP contribution in [-0.4, -0.2) is 22.6 Å². The largest absolute Gasteiger partial charge is 0.365 e. The monoisotopic (exact) mass is 236 g/mol. The Labute approximate surface area is 101 Å². The van der Waals surface area contributed by atoms with Crippen molar-refractivity contribution < 1.29 is 0 Å². The zero-order chi connectivity index (χ0) is 12.3. The van der Waals surface area contributed by atoms with E-state index >= 15 is 0 Å². The van der Waals surface area contributed by atoms with Gasteiger partial charge in [0.15, 0.2) is 5.82 Å². The minimum atomic E-state index is -0.00468. The van der Waals surface area contributed by atoms with Crippen LogP contribution in [0.25, 0.3) is 0 Å². The van der Waals surface area contributed by atoms with E-state index in [-0.39, 0.29) is 5.56 Å². The van der Waals surface area contributed by atoms with Gasteiger partial charge in [-0.25, -0.2) is 4.98 Å². The number of rotatable bonds is 6. The quantitative estimate of drug-likeness (QED) is 0.772. The molecule has 0 aliphatic heterocycles. The van der Waals surface area contributed by atoms with Gasteiger partial charge in [0, 0.05) is 25.0 Å². The highest BCUT2D eigenvalue weighted by molar-refractivity contribution is 5.31. The number of nitrogens with one attached hydrogen (secondary N) is 1. The van der Waals surface area contributed by atoms with E-state index in [9.17, 15) is 4.79 Å². The highest BCUT2D eigenvalue weighted by atomic mass is 16.1. The molecule has 0 aromatic carbocycles. The van der Waals surface area contributed by atoms with Gasteiger partial charge in [-0.2, -0.15) is 0 Å². The average molecular weight is 236 g/mol. The maximum atomic E-state index is 12.0. The van der Waals surface area contributed by atoms with Gasteiger partial charge in [-0.1, -0.05) is 6.92 Å². The Balaban J connectivity index is 2.01. The Morgan fingerprint density at radius 2 is 2.41 bits per heavy atom. The van der Waals surface area contributed by atoms with Crippen LogP contribution in [0.2, 0.25) is 0 Å². The van der Waals surface area contributed by atoms with Crippen LogP contribution in [0.3, 0.4) is 0 Å². The summed E-state index contributed by atoms with van der Waals surface area (Å²) in [6, 6.07) is 0.396. The molecule has 5 heteroatoms. The van der Waals surface area contributed by atoms with Crippen molar-refractivity contribution in [3.05, 3.63) is 22.7 Å². The summed E-state index contributed by atoms with van der Waals surface area (Å²) in [6.45, 7) is 3.54. The van der Waals surface area contributed by atoms with E-state index in [0.29, 0.717) is 24.3 Å². The van der Waals surface area contributed by atoms with Crippen LogP contribution in [0.1, 0.15) is 32.2 Å². The maximum Gasteiger partial charge on any atom is 0.293 e. The molecule has 0 bridgehead atoms. The fourth-order valence-corrected chi connectivity index (χ4v) is 1.84. The summed E-state index contributed by atoms with van der Waals surface area (Å²) >= 11 is 0. The molecule has 2 rings (SSSR count). The van der Waals surface area contributed by atoms with Gasteiger partial charge >= 0.3 is 0 Å². The van der Waals surface area contributed by atoms with E-state index < -0.39 is 0 Å². The van der Waals surface area contributed by atoms with Crippen LogP contribution in [-0.2, 0) is 0 Å². The highest BCUT2D eigenvalue weighted by Crippen LogP contribution is 2.33. The van der Waals surface area contributed by atoms with E-state index in [4.69, 9.17) is 5.73 Å². The number of anilines is 1. The SMILES string of the molecule is CC(CCN)CNc1nccn(C2CC2)c1=O. The fourth-order valence-electron chi connectivity index (χ4n) is 1.84. The lowest BCUT2D eigenvalue weighted by Gasteiger charge is -2.12. The van der Waals surface area contributed by atoms with Gasteiger partial charge in [0.2, 0.25) is 0 Å². The second-order valence-corrected chi connectivity index (χ2v) is 4.78. The van der Waals surface area contributed by atoms with Gasteiger partial charge in [-0.05, 0) is 31.7 Å². The number of hydrogen-bond donors (Lipinski definition) is 2. The summed E-state index contributed by atoms with van der Waals surface area (Å²) in [5.74, 6) is 0.916. The molecule has 1 heterocycles. The van der Waals surface area contributed by atoms with E-state index in [1.807, 2.05) is 0 Å². The van der Waals surface area contributed by atoms with Crippen molar-refractivity contribution in [2.45, 2.75) is 32.2 Å². The number of nitrogens with two attached hydrogens (primary N) is 1. The molecule has 0 saturated heterocycles. The van der Waals surface area contributed by atoms with Crippen molar-refractivity contribution in [3.63, 3.8) is 0 Å². The second-order valence-electron chi connectivity index (χ2n) is 4.78. The first-order chi connectivity index (χ1) is 8.22. The van der Waals surface area contributed by atoms with Gasteiger partial charge in [-0.15, -0.1) is 0 Å². The Morgan fingerprint density at radius 1 is 1.65 bits per heavy atom. The van der Waals surface area contributed by atoms with Gasteiger partial charge in [0.1, 0.15) is 0 Å². The standard InChI is InChI=1S/C12H20N4O/c1-9(4-5-13)8-15-11-12(17)16(7-6-14-11)10-2-3-10/h6-7,9-10H,2-5,8,13H2,1H3,(H,14,15). The molecule has 1 fully saturated rings. The average Bonchev–Trinajstić information content (AvgIpc) is 3.12. The molecule has 1 aliphatic rings. The number of nitrogens with zero attached hydrogens (tertiary/aromatic N) is 2. The number of aromatic nitrogens is 2. The molecule has 1 aliphatic carbocycles. The van der Waals surface area contributed by atoms with Crippen LogP contribution >= 0.6 is 0 Å². The van der Waals surface area contributed by atoms with Crippen molar-refractivity contribution >= 4 is 5.82 Å². The predicted molar refractivity (Wildman–Crippen MR) is 68.1 cm³/mol. The molecule has 1 aromatic heterocycles. The molecule has 0 spiro atoms. The van der Waals surface area contributed by atoms with Crippen molar-refractivity contribution in [1.29, 1.82) is 0 Å². The van der Waals surface area contributed by atoms with Gasteiger partial charge in [-0.3, -0.25) is 4.79 Å².